The van der Waals surface area contributed by atoms with Gasteiger partial charge < -0.3 is 8.94 Å². The van der Waals surface area contributed by atoms with E-state index >= 15 is 0 Å². The summed E-state index contributed by atoms with van der Waals surface area (Å²) in [6.07, 6.45) is 3.05. The molecule has 0 atom stereocenters. The van der Waals surface area contributed by atoms with E-state index in [4.69, 9.17) is 5.41 Å². The average Bonchev–Trinajstić information content (AvgIpc) is 1.68. The Bertz CT molecular complexity index is 87.7. The van der Waals surface area contributed by atoms with Gasteiger partial charge >= 0.3 is 0 Å². The predicted octanol–water partition coefficient (Wildman–Crippen LogP) is 1.48. The highest BCUT2D eigenvalue weighted by Gasteiger charge is 1.73. The Morgan fingerprint density at radius 2 is 2.43 bits per heavy atom. The van der Waals surface area contributed by atoms with E-state index in [1.54, 1.807) is 6.20 Å². The minimum Gasteiger partial charge on any atom is -0.335 e. The number of hydrogen-bond acceptors (Lipinski definition) is 2. The molecule has 0 radical (unpaired) electrons. The standard InChI is InChI=1S/C4H7IN2/c1-4(2-6)3-7-5/h2-3,6-7H,1H3/b4-3-,6-2?. The zero-order valence-electron chi connectivity index (χ0n) is 4.03. The summed E-state index contributed by atoms with van der Waals surface area (Å²) in [6, 6.07) is 0. The van der Waals surface area contributed by atoms with Gasteiger partial charge in [0.1, 0.15) is 0 Å². The van der Waals surface area contributed by atoms with Crippen molar-refractivity contribution in [1.82, 2.24) is 3.53 Å². The summed E-state index contributed by atoms with van der Waals surface area (Å²) >= 11 is 2.00. The quantitative estimate of drug-likeness (QED) is 0.404. The molecule has 2 nitrogen and oxygen atoms in total. The number of halogens is 1. The van der Waals surface area contributed by atoms with Crippen molar-refractivity contribution in [2.75, 3.05) is 0 Å². The van der Waals surface area contributed by atoms with Gasteiger partial charge in [-0.3, -0.25) is 0 Å². The van der Waals surface area contributed by atoms with Crippen LogP contribution in [0.2, 0.25) is 0 Å². The summed E-state index contributed by atoms with van der Waals surface area (Å²) in [6.45, 7) is 1.86. The van der Waals surface area contributed by atoms with Crippen LogP contribution in [0.3, 0.4) is 0 Å². The van der Waals surface area contributed by atoms with E-state index < -0.39 is 0 Å². The largest absolute Gasteiger partial charge is 0.335 e. The molecule has 0 spiro atoms. The van der Waals surface area contributed by atoms with Crippen LogP contribution in [0.25, 0.3) is 0 Å². The highest BCUT2D eigenvalue weighted by molar-refractivity contribution is 14.1. The lowest BCUT2D eigenvalue weighted by Gasteiger charge is -1.84. The second kappa shape index (κ2) is 4.11. The van der Waals surface area contributed by atoms with Crippen LogP contribution in [-0.2, 0) is 0 Å². The highest BCUT2D eigenvalue weighted by Crippen LogP contribution is 1.82. The van der Waals surface area contributed by atoms with Gasteiger partial charge in [-0.15, -0.1) is 0 Å². The first-order chi connectivity index (χ1) is 3.31. The third-order valence-corrected chi connectivity index (χ3v) is 0.821. The van der Waals surface area contributed by atoms with E-state index in [2.05, 4.69) is 3.53 Å². The molecule has 0 unspecified atom stereocenters. The zero-order valence-corrected chi connectivity index (χ0v) is 6.19. The van der Waals surface area contributed by atoms with Gasteiger partial charge in [-0.05, 0) is 12.5 Å². The monoisotopic (exact) mass is 210 g/mol. The maximum atomic E-state index is 6.68. The fourth-order valence-corrected chi connectivity index (χ4v) is 0.619. The van der Waals surface area contributed by atoms with Crippen molar-refractivity contribution in [1.29, 1.82) is 5.41 Å². The maximum Gasteiger partial charge on any atom is 0.0555 e. The van der Waals surface area contributed by atoms with Crippen LogP contribution in [0.15, 0.2) is 11.8 Å². The first-order valence-corrected chi connectivity index (χ1v) is 2.92. The third-order valence-electron chi connectivity index (χ3n) is 0.510. The molecule has 2 N–H and O–H groups in total. The van der Waals surface area contributed by atoms with Gasteiger partial charge in [0.2, 0.25) is 0 Å². The van der Waals surface area contributed by atoms with Gasteiger partial charge in [0.25, 0.3) is 0 Å². The predicted molar refractivity (Wildman–Crippen MR) is 39.7 cm³/mol. The molecule has 0 heterocycles. The fraction of sp³-hybridized carbons (Fsp3) is 0.250. The van der Waals surface area contributed by atoms with E-state index in [0.717, 1.165) is 5.57 Å². The van der Waals surface area contributed by atoms with E-state index in [9.17, 15) is 0 Å². The molecule has 0 aromatic heterocycles. The number of allylic oxidation sites excluding steroid dienone is 1. The first kappa shape index (κ1) is 6.94. The van der Waals surface area contributed by atoms with Gasteiger partial charge in [0.15, 0.2) is 0 Å². The molecule has 0 rings (SSSR count). The Kier molecular flexibility index (Phi) is 4.07. The molecule has 0 aromatic rings. The summed E-state index contributed by atoms with van der Waals surface area (Å²) in [5, 5.41) is 6.68. The summed E-state index contributed by atoms with van der Waals surface area (Å²) in [7, 11) is 0. The smallest absolute Gasteiger partial charge is 0.0555 e. The molecule has 0 aromatic carbocycles. The zero-order chi connectivity index (χ0) is 5.70. The number of hydrogen-bond donors (Lipinski definition) is 2. The molecule has 0 amide bonds. The van der Waals surface area contributed by atoms with Crippen molar-refractivity contribution >= 4 is 29.1 Å². The molecule has 0 saturated heterocycles. The van der Waals surface area contributed by atoms with Crippen molar-refractivity contribution < 1.29 is 0 Å². The molecule has 0 saturated carbocycles. The van der Waals surface area contributed by atoms with Crippen LogP contribution in [0.1, 0.15) is 6.92 Å². The van der Waals surface area contributed by atoms with Gasteiger partial charge in [-0.25, -0.2) is 0 Å². The molecule has 0 aliphatic carbocycles. The second-order valence-electron chi connectivity index (χ2n) is 1.14. The van der Waals surface area contributed by atoms with E-state index in [1.165, 1.54) is 6.21 Å². The molecule has 3 heteroatoms. The van der Waals surface area contributed by atoms with Crippen LogP contribution in [0.4, 0.5) is 0 Å². The van der Waals surface area contributed by atoms with Crippen molar-refractivity contribution in [3.05, 3.63) is 11.8 Å². The molecule has 7 heavy (non-hydrogen) atoms. The van der Waals surface area contributed by atoms with Gasteiger partial charge in [0, 0.05) is 12.4 Å². The summed E-state index contributed by atoms with van der Waals surface area (Å²) in [5.74, 6) is 0. The Labute approximate surface area is 57.0 Å². The minimum atomic E-state index is 0.925. The van der Waals surface area contributed by atoms with Gasteiger partial charge in [-0.2, -0.15) is 0 Å². The molecular weight excluding hydrogens is 203 g/mol. The normalized spacial score (nSPS) is 10.9. The highest BCUT2D eigenvalue weighted by atomic mass is 127. The van der Waals surface area contributed by atoms with Crippen LogP contribution in [0, 0.1) is 5.41 Å². The first-order valence-electron chi connectivity index (χ1n) is 1.84. The van der Waals surface area contributed by atoms with E-state index in [1.807, 2.05) is 29.8 Å². The summed E-state index contributed by atoms with van der Waals surface area (Å²) in [4.78, 5) is 0. The minimum absolute atomic E-state index is 0.925. The van der Waals surface area contributed by atoms with Crippen LogP contribution >= 0.6 is 22.9 Å². The van der Waals surface area contributed by atoms with Crippen molar-refractivity contribution in [2.24, 2.45) is 0 Å². The fourth-order valence-electron chi connectivity index (χ4n) is 0.128. The molecule has 0 bridgehead atoms. The third kappa shape index (κ3) is 3.78. The Balaban J connectivity index is 3.49. The van der Waals surface area contributed by atoms with Crippen LogP contribution in [-0.4, -0.2) is 6.21 Å². The molecule has 0 aliphatic rings. The van der Waals surface area contributed by atoms with E-state index in [-0.39, 0.29) is 0 Å². The Morgan fingerprint density at radius 1 is 1.86 bits per heavy atom. The lowest BCUT2D eigenvalue weighted by Crippen LogP contribution is -1.84. The summed E-state index contributed by atoms with van der Waals surface area (Å²) < 4.78 is 2.78. The Morgan fingerprint density at radius 3 is 2.57 bits per heavy atom. The average molecular weight is 210 g/mol. The van der Waals surface area contributed by atoms with Gasteiger partial charge in [-0.1, -0.05) is 0 Å². The van der Waals surface area contributed by atoms with Gasteiger partial charge in [0.05, 0.1) is 22.9 Å². The SMILES string of the molecule is C/C(C=N)=C/NI. The lowest BCUT2D eigenvalue weighted by molar-refractivity contribution is 1.40. The van der Waals surface area contributed by atoms with Crippen LogP contribution < -0.4 is 3.53 Å². The van der Waals surface area contributed by atoms with Crippen molar-refractivity contribution in [3.8, 4) is 0 Å². The summed E-state index contributed by atoms with van der Waals surface area (Å²) in [5.41, 5.74) is 0.925. The molecule has 0 aliphatic heterocycles. The molecule has 40 valence electrons. The topological polar surface area (TPSA) is 35.9 Å². The van der Waals surface area contributed by atoms with Crippen LogP contribution in [0.5, 0.6) is 0 Å². The number of rotatable bonds is 2. The molecule has 0 fully saturated rings. The molecular formula is C4H7IN2. The van der Waals surface area contributed by atoms with Crippen molar-refractivity contribution in [3.63, 3.8) is 0 Å². The van der Waals surface area contributed by atoms with Crippen molar-refractivity contribution in [2.45, 2.75) is 6.92 Å². The maximum absolute atomic E-state index is 6.68. The number of nitrogens with one attached hydrogen (secondary N) is 2. The van der Waals surface area contributed by atoms with E-state index in [0.29, 0.717) is 0 Å². The second-order valence-corrected chi connectivity index (χ2v) is 1.76. The Hall–Kier alpha value is -0.0600. The lowest BCUT2D eigenvalue weighted by atomic mass is 10.4.